The lowest BCUT2D eigenvalue weighted by molar-refractivity contribution is -0.139. The van der Waals surface area contributed by atoms with Crippen LogP contribution in [0.25, 0.3) is 0 Å². The van der Waals surface area contributed by atoms with E-state index in [-0.39, 0.29) is 18.7 Å². The van der Waals surface area contributed by atoms with E-state index in [0.717, 1.165) is 37.3 Å². The first-order valence-electron chi connectivity index (χ1n) is 8.79. The molecule has 30 heavy (non-hydrogen) atoms. The van der Waals surface area contributed by atoms with Crippen LogP contribution >= 0.6 is 11.9 Å². The summed E-state index contributed by atoms with van der Waals surface area (Å²) in [7, 11) is 1.11. The Morgan fingerprint density at radius 2 is 1.77 bits per heavy atom. The average Bonchev–Trinajstić information content (AvgIpc) is 2.84. The third kappa shape index (κ3) is 5.31. The summed E-state index contributed by atoms with van der Waals surface area (Å²) < 4.78 is 99.8. The van der Waals surface area contributed by atoms with Crippen molar-refractivity contribution in [1.82, 2.24) is 4.72 Å². The third-order valence-corrected chi connectivity index (χ3v) is 5.53. The summed E-state index contributed by atoms with van der Waals surface area (Å²) in [6.07, 6.45) is -10.4. The van der Waals surface area contributed by atoms with Crippen molar-refractivity contribution >= 4 is 23.3 Å². The summed E-state index contributed by atoms with van der Waals surface area (Å²) in [6.45, 7) is -0.0364. The number of ether oxygens (including phenoxy) is 1. The monoisotopic (exact) mass is 454 g/mol. The number of nitrogens with zero attached hydrogens (tertiary/aromatic N) is 1. The fourth-order valence-corrected chi connectivity index (χ4v) is 4.01. The molecule has 3 nitrogen and oxygen atoms in total. The zero-order valence-electron chi connectivity index (χ0n) is 15.6. The zero-order chi connectivity index (χ0) is 22.1. The van der Waals surface area contributed by atoms with Gasteiger partial charge in [-0.25, -0.2) is 4.39 Å². The number of hydrogen-bond acceptors (Lipinski definition) is 4. The van der Waals surface area contributed by atoms with Crippen LogP contribution in [0.1, 0.15) is 18.4 Å². The summed E-state index contributed by atoms with van der Waals surface area (Å²) in [5.41, 5.74) is -0.510. The largest absolute Gasteiger partial charge is 0.496 e. The SMILES string of the molecule is COc1cc2c(cc1C(F)(F)F)N(c1ccc(F)cc1)CC(CCC(F)(F)F)NS2. The summed E-state index contributed by atoms with van der Waals surface area (Å²) in [4.78, 5) is 1.80. The highest BCUT2D eigenvalue weighted by molar-refractivity contribution is 7.97. The Hall–Kier alpha value is -2.14. The molecule has 1 aliphatic rings. The average molecular weight is 454 g/mol. The number of alkyl halides is 6. The molecule has 3 rings (SSSR count). The van der Waals surface area contributed by atoms with E-state index in [1.165, 1.54) is 23.1 Å². The Bertz CT molecular complexity index is 884. The number of methoxy groups -OCH3 is 1. The maximum atomic E-state index is 13.5. The van der Waals surface area contributed by atoms with Gasteiger partial charge in [0.05, 0.1) is 23.3 Å². The van der Waals surface area contributed by atoms with E-state index in [1.54, 1.807) is 0 Å². The molecule has 11 heteroatoms. The smallest absolute Gasteiger partial charge is 0.420 e. The van der Waals surface area contributed by atoms with E-state index in [0.29, 0.717) is 10.6 Å². The molecule has 0 saturated heterocycles. The molecular weight excluding hydrogens is 437 g/mol. The summed E-state index contributed by atoms with van der Waals surface area (Å²) in [5.74, 6) is -0.941. The number of fused-ring (bicyclic) bond motifs is 1. The first-order chi connectivity index (χ1) is 14.0. The lowest BCUT2D eigenvalue weighted by Crippen LogP contribution is -2.35. The highest BCUT2D eigenvalue weighted by Crippen LogP contribution is 2.45. The van der Waals surface area contributed by atoms with Gasteiger partial charge in [-0.05, 0) is 54.8 Å². The maximum Gasteiger partial charge on any atom is 0.420 e. The first kappa shape index (κ1) is 22.5. The van der Waals surface area contributed by atoms with Crippen molar-refractivity contribution in [2.75, 3.05) is 18.6 Å². The Morgan fingerprint density at radius 3 is 2.33 bits per heavy atom. The normalized spacial score (nSPS) is 17.5. The van der Waals surface area contributed by atoms with Gasteiger partial charge in [-0.15, -0.1) is 0 Å². The molecule has 0 aliphatic carbocycles. The number of anilines is 2. The first-order valence-corrected chi connectivity index (χ1v) is 9.61. The molecule has 0 spiro atoms. The minimum absolute atomic E-state index is 0.0364. The van der Waals surface area contributed by atoms with E-state index in [4.69, 9.17) is 4.74 Å². The fourth-order valence-electron chi connectivity index (χ4n) is 3.09. The molecule has 164 valence electrons. The van der Waals surface area contributed by atoms with Crippen LogP contribution in [0.5, 0.6) is 5.75 Å². The lowest BCUT2D eigenvalue weighted by Gasteiger charge is -2.28. The van der Waals surface area contributed by atoms with Gasteiger partial charge in [0.2, 0.25) is 0 Å². The van der Waals surface area contributed by atoms with Gasteiger partial charge in [0, 0.05) is 24.7 Å². The van der Waals surface area contributed by atoms with Gasteiger partial charge >= 0.3 is 12.4 Å². The quantitative estimate of drug-likeness (QED) is 0.432. The van der Waals surface area contributed by atoms with Crippen molar-refractivity contribution in [3.8, 4) is 5.75 Å². The van der Waals surface area contributed by atoms with Gasteiger partial charge in [0.15, 0.2) is 0 Å². The second-order valence-electron chi connectivity index (χ2n) is 6.68. The van der Waals surface area contributed by atoms with Crippen LogP contribution < -0.4 is 14.4 Å². The number of hydrogen-bond donors (Lipinski definition) is 1. The number of halogens is 7. The summed E-state index contributed by atoms with van der Waals surface area (Å²) in [5, 5.41) is 0. The molecule has 0 aromatic heterocycles. The maximum absolute atomic E-state index is 13.5. The van der Waals surface area contributed by atoms with Gasteiger partial charge in [-0.2, -0.15) is 26.3 Å². The highest BCUT2D eigenvalue weighted by Gasteiger charge is 2.37. The predicted molar refractivity (Wildman–Crippen MR) is 99.5 cm³/mol. The third-order valence-electron chi connectivity index (χ3n) is 4.53. The predicted octanol–water partition coefficient (Wildman–Crippen LogP) is 6.31. The van der Waals surface area contributed by atoms with Crippen LogP contribution in [-0.2, 0) is 6.18 Å². The molecule has 0 radical (unpaired) electrons. The van der Waals surface area contributed by atoms with Crippen LogP contribution in [0.2, 0.25) is 0 Å². The number of benzene rings is 2. The zero-order valence-corrected chi connectivity index (χ0v) is 16.4. The van der Waals surface area contributed by atoms with Gasteiger partial charge < -0.3 is 9.64 Å². The Labute approximate surface area is 172 Å². The van der Waals surface area contributed by atoms with E-state index >= 15 is 0 Å². The molecule has 0 saturated carbocycles. The molecular formula is C19H17F7N2OS. The summed E-state index contributed by atoms with van der Waals surface area (Å²) in [6, 6.07) is 6.42. The Balaban J connectivity index is 2.06. The number of nitrogens with one attached hydrogen (secondary N) is 1. The second kappa shape index (κ2) is 8.54. The number of rotatable bonds is 4. The molecule has 0 fully saturated rings. The molecule has 1 aliphatic heterocycles. The van der Waals surface area contributed by atoms with Crippen LogP contribution in [0.4, 0.5) is 42.1 Å². The molecule has 2 aromatic carbocycles. The highest BCUT2D eigenvalue weighted by atomic mass is 32.2. The van der Waals surface area contributed by atoms with Crippen molar-refractivity contribution in [3.05, 3.63) is 47.8 Å². The fraction of sp³-hybridized carbons (Fsp3) is 0.368. The van der Waals surface area contributed by atoms with E-state index in [9.17, 15) is 30.7 Å². The van der Waals surface area contributed by atoms with Crippen molar-refractivity contribution < 1.29 is 35.5 Å². The molecule has 2 aromatic rings. The molecule has 1 unspecified atom stereocenters. The van der Waals surface area contributed by atoms with Gasteiger partial charge in [-0.1, -0.05) is 0 Å². The van der Waals surface area contributed by atoms with Crippen LogP contribution in [-0.4, -0.2) is 25.9 Å². The van der Waals surface area contributed by atoms with E-state index in [2.05, 4.69) is 4.72 Å². The lowest BCUT2D eigenvalue weighted by atomic mass is 10.1. The van der Waals surface area contributed by atoms with Crippen molar-refractivity contribution in [2.45, 2.75) is 36.1 Å². The molecule has 0 bridgehead atoms. The minimum atomic E-state index is -4.70. The Kier molecular flexibility index (Phi) is 6.42. The van der Waals surface area contributed by atoms with Crippen LogP contribution in [0.3, 0.4) is 0 Å². The molecule has 1 atom stereocenters. The Morgan fingerprint density at radius 1 is 1.10 bits per heavy atom. The van der Waals surface area contributed by atoms with Crippen LogP contribution in [0, 0.1) is 5.82 Å². The molecule has 1 N–H and O–H groups in total. The minimum Gasteiger partial charge on any atom is -0.496 e. The van der Waals surface area contributed by atoms with Gasteiger partial charge in [0.1, 0.15) is 11.6 Å². The topological polar surface area (TPSA) is 24.5 Å². The standard InChI is InChI=1S/C19H17F7N2OS/c1-29-16-9-17-15(8-14(16)19(24,25)26)28(13-4-2-11(20)3-5-13)10-12(27-30-17)6-7-18(21,22)23/h2-5,8-9,12,27H,6-7,10H2,1H3. The van der Waals surface area contributed by atoms with Gasteiger partial charge in [-0.3, -0.25) is 4.72 Å². The van der Waals surface area contributed by atoms with Gasteiger partial charge in [0.25, 0.3) is 0 Å². The van der Waals surface area contributed by atoms with Crippen molar-refractivity contribution in [1.29, 1.82) is 0 Å². The molecule has 0 amide bonds. The van der Waals surface area contributed by atoms with E-state index in [1.807, 2.05) is 0 Å². The second-order valence-corrected chi connectivity index (χ2v) is 7.56. The van der Waals surface area contributed by atoms with Crippen LogP contribution in [0.15, 0.2) is 41.3 Å². The summed E-state index contributed by atoms with van der Waals surface area (Å²) >= 11 is 0.938. The van der Waals surface area contributed by atoms with Crippen molar-refractivity contribution in [2.24, 2.45) is 0 Å². The van der Waals surface area contributed by atoms with Crippen molar-refractivity contribution in [3.63, 3.8) is 0 Å². The molecule has 1 heterocycles. The van der Waals surface area contributed by atoms with E-state index < -0.39 is 41.9 Å².